The second-order valence-electron chi connectivity index (χ2n) is 4.83. The van der Waals surface area contributed by atoms with Crippen molar-refractivity contribution in [2.45, 2.75) is 11.8 Å². The van der Waals surface area contributed by atoms with Crippen molar-refractivity contribution in [3.05, 3.63) is 63.4 Å². The van der Waals surface area contributed by atoms with Gasteiger partial charge in [-0.25, -0.2) is 12.4 Å². The molecule has 22 heavy (non-hydrogen) atoms. The average Bonchev–Trinajstić information content (AvgIpc) is 2.92. The minimum Gasteiger partial charge on any atom is -0.224 e. The molecule has 2 aromatic carbocycles. The molecule has 0 atom stereocenters. The lowest BCUT2D eigenvalue weighted by Crippen LogP contribution is -2.14. The molecular weight excluding hydrogens is 411 g/mol. The van der Waals surface area contributed by atoms with Crippen LogP contribution in [-0.4, -0.2) is 12.4 Å². The normalized spacial score (nSPS) is 11.5. The Morgan fingerprint density at radius 3 is 2.45 bits per heavy atom. The summed E-state index contributed by atoms with van der Waals surface area (Å²) in [6.07, 6.45) is 0. The quantitative estimate of drug-likeness (QED) is 0.593. The van der Waals surface area contributed by atoms with Crippen LogP contribution in [0.25, 0.3) is 10.9 Å². The molecule has 110 valence electrons. The summed E-state index contributed by atoms with van der Waals surface area (Å²) in [5.41, 5.74) is 1.61. The van der Waals surface area contributed by atoms with Crippen LogP contribution in [0, 0.1) is 21.8 Å². The van der Waals surface area contributed by atoms with E-state index in [4.69, 9.17) is 0 Å². The van der Waals surface area contributed by atoms with E-state index in [9.17, 15) is 13.7 Å². The third-order valence-corrected chi connectivity index (χ3v) is 6.45. The molecule has 3 aromatic rings. The van der Waals surface area contributed by atoms with Crippen LogP contribution in [0.15, 0.2) is 53.4 Å². The van der Waals surface area contributed by atoms with Gasteiger partial charge in [-0.05, 0) is 65.4 Å². The molecular formula is C16H11IN2O2S. The van der Waals surface area contributed by atoms with Gasteiger partial charge in [0.1, 0.15) is 11.8 Å². The van der Waals surface area contributed by atoms with Crippen molar-refractivity contribution in [1.29, 1.82) is 5.26 Å². The highest BCUT2D eigenvalue weighted by atomic mass is 127. The van der Waals surface area contributed by atoms with Gasteiger partial charge in [-0.15, -0.1) is 0 Å². The van der Waals surface area contributed by atoms with Crippen LogP contribution in [0.2, 0.25) is 0 Å². The van der Waals surface area contributed by atoms with E-state index in [0.29, 0.717) is 5.52 Å². The summed E-state index contributed by atoms with van der Waals surface area (Å²) in [4.78, 5) is 0.167. The maximum absolute atomic E-state index is 12.9. The van der Waals surface area contributed by atoms with Gasteiger partial charge in [-0.1, -0.05) is 18.2 Å². The van der Waals surface area contributed by atoms with Crippen molar-refractivity contribution >= 4 is 43.5 Å². The topological polar surface area (TPSA) is 62.9 Å². The van der Waals surface area contributed by atoms with E-state index >= 15 is 0 Å². The number of benzene rings is 2. The standard InChI is InChI=1S/C16H11IN2O2S/c1-11-14-9-12(10-18)19(16(14)8-7-15(11)17)22(20,21)13-5-3-2-4-6-13/h2-9H,1H3. The Kier molecular flexibility index (Phi) is 3.70. The van der Waals surface area contributed by atoms with Crippen molar-refractivity contribution in [2.24, 2.45) is 0 Å². The predicted molar refractivity (Wildman–Crippen MR) is 93.1 cm³/mol. The van der Waals surface area contributed by atoms with Crippen LogP contribution in [0.4, 0.5) is 0 Å². The van der Waals surface area contributed by atoms with E-state index in [-0.39, 0.29) is 10.6 Å². The van der Waals surface area contributed by atoms with E-state index in [1.54, 1.807) is 30.3 Å². The second-order valence-corrected chi connectivity index (χ2v) is 7.78. The molecule has 0 radical (unpaired) electrons. The number of aromatic nitrogens is 1. The van der Waals surface area contributed by atoms with Crippen molar-refractivity contribution in [2.75, 3.05) is 0 Å². The van der Waals surface area contributed by atoms with Gasteiger partial charge >= 0.3 is 0 Å². The van der Waals surface area contributed by atoms with Gasteiger partial charge < -0.3 is 0 Å². The minimum atomic E-state index is -3.80. The SMILES string of the molecule is Cc1c(I)ccc2c1cc(C#N)n2S(=O)(=O)c1ccccc1. The Labute approximate surface area is 142 Å². The van der Waals surface area contributed by atoms with Gasteiger partial charge in [0.2, 0.25) is 0 Å². The molecule has 0 spiro atoms. The number of hydrogen-bond acceptors (Lipinski definition) is 3. The Bertz CT molecular complexity index is 1020. The Hall–Kier alpha value is -1.85. The highest BCUT2D eigenvalue weighted by molar-refractivity contribution is 14.1. The van der Waals surface area contributed by atoms with E-state index < -0.39 is 10.0 Å². The van der Waals surface area contributed by atoms with Crippen molar-refractivity contribution < 1.29 is 8.42 Å². The molecule has 1 heterocycles. The molecule has 0 saturated carbocycles. The first-order valence-electron chi connectivity index (χ1n) is 6.48. The first-order valence-corrected chi connectivity index (χ1v) is 9.00. The summed E-state index contributed by atoms with van der Waals surface area (Å²) < 4.78 is 27.9. The molecule has 0 saturated heterocycles. The van der Waals surface area contributed by atoms with Crippen molar-refractivity contribution in [1.82, 2.24) is 3.97 Å². The van der Waals surface area contributed by atoms with E-state index in [0.717, 1.165) is 18.5 Å². The zero-order valence-electron chi connectivity index (χ0n) is 11.6. The molecule has 0 unspecified atom stereocenters. The number of fused-ring (bicyclic) bond motifs is 1. The van der Waals surface area contributed by atoms with Gasteiger partial charge in [0.05, 0.1) is 10.4 Å². The van der Waals surface area contributed by atoms with Crippen LogP contribution in [0.1, 0.15) is 11.3 Å². The third kappa shape index (κ3) is 2.21. The summed E-state index contributed by atoms with van der Waals surface area (Å²) in [6.45, 7) is 1.92. The van der Waals surface area contributed by atoms with Gasteiger partial charge in [0.15, 0.2) is 0 Å². The van der Waals surface area contributed by atoms with E-state index in [1.165, 1.54) is 12.1 Å². The van der Waals surface area contributed by atoms with Crippen LogP contribution < -0.4 is 0 Å². The maximum Gasteiger partial charge on any atom is 0.269 e. The summed E-state index contributed by atoms with van der Waals surface area (Å²) in [6, 6.07) is 15.4. The molecule has 0 aliphatic heterocycles. The summed E-state index contributed by atoms with van der Waals surface area (Å²) in [5.74, 6) is 0. The van der Waals surface area contributed by atoms with Crippen LogP contribution in [0.3, 0.4) is 0 Å². The highest BCUT2D eigenvalue weighted by Gasteiger charge is 2.23. The minimum absolute atomic E-state index is 0.115. The summed E-state index contributed by atoms with van der Waals surface area (Å²) in [7, 11) is -3.80. The van der Waals surface area contributed by atoms with E-state index in [2.05, 4.69) is 22.6 Å². The Morgan fingerprint density at radius 2 is 1.82 bits per heavy atom. The zero-order chi connectivity index (χ0) is 15.9. The fraction of sp³-hybridized carbons (Fsp3) is 0.0625. The Morgan fingerprint density at radius 1 is 1.14 bits per heavy atom. The third-order valence-electron chi connectivity index (χ3n) is 3.54. The summed E-state index contributed by atoms with van der Waals surface area (Å²) in [5, 5.41) is 10.1. The lowest BCUT2D eigenvalue weighted by Gasteiger charge is -2.09. The van der Waals surface area contributed by atoms with Gasteiger partial charge in [0.25, 0.3) is 10.0 Å². The number of hydrogen-bond donors (Lipinski definition) is 0. The largest absolute Gasteiger partial charge is 0.269 e. The number of halogens is 1. The molecule has 0 bridgehead atoms. The van der Waals surface area contributed by atoms with Crippen molar-refractivity contribution in [3.8, 4) is 6.07 Å². The molecule has 0 aliphatic rings. The van der Waals surface area contributed by atoms with Gasteiger partial charge in [-0.2, -0.15) is 5.26 Å². The number of nitrogens with zero attached hydrogens (tertiary/aromatic N) is 2. The number of rotatable bonds is 2. The molecule has 4 nitrogen and oxygen atoms in total. The lowest BCUT2D eigenvalue weighted by molar-refractivity contribution is 0.588. The highest BCUT2D eigenvalue weighted by Crippen LogP contribution is 2.29. The predicted octanol–water partition coefficient (Wildman–Crippen LogP) is 3.66. The molecule has 0 fully saturated rings. The van der Waals surface area contributed by atoms with Crippen molar-refractivity contribution in [3.63, 3.8) is 0 Å². The second kappa shape index (κ2) is 5.41. The zero-order valence-corrected chi connectivity index (χ0v) is 14.6. The average molecular weight is 422 g/mol. The van der Waals surface area contributed by atoms with Gasteiger partial charge in [-0.3, -0.25) is 0 Å². The monoisotopic (exact) mass is 422 g/mol. The molecule has 0 N–H and O–H groups in total. The summed E-state index contributed by atoms with van der Waals surface area (Å²) >= 11 is 2.20. The Balaban J connectivity index is 2.41. The molecule has 6 heteroatoms. The molecule has 0 aliphatic carbocycles. The molecule has 1 aromatic heterocycles. The van der Waals surface area contributed by atoms with Crippen LogP contribution in [0.5, 0.6) is 0 Å². The van der Waals surface area contributed by atoms with Crippen LogP contribution >= 0.6 is 22.6 Å². The fourth-order valence-electron chi connectivity index (χ4n) is 2.41. The first-order chi connectivity index (χ1) is 10.5. The molecule has 3 rings (SSSR count). The van der Waals surface area contributed by atoms with Crippen LogP contribution in [-0.2, 0) is 10.0 Å². The maximum atomic E-state index is 12.9. The fourth-order valence-corrected chi connectivity index (χ4v) is 4.36. The number of nitriles is 1. The van der Waals surface area contributed by atoms with E-state index in [1.807, 2.05) is 19.1 Å². The number of aryl methyl sites for hydroxylation is 1. The first kappa shape index (κ1) is 15.1. The molecule has 0 amide bonds. The smallest absolute Gasteiger partial charge is 0.224 e. The van der Waals surface area contributed by atoms with Gasteiger partial charge in [0, 0.05) is 8.96 Å². The lowest BCUT2D eigenvalue weighted by atomic mass is 10.1.